The molecule has 1 aromatic rings. The second kappa shape index (κ2) is 6.73. The van der Waals surface area contributed by atoms with Gasteiger partial charge in [-0.25, -0.2) is 0 Å². The van der Waals surface area contributed by atoms with E-state index in [-0.39, 0.29) is 0 Å². The minimum absolute atomic E-state index is 0.584. The summed E-state index contributed by atoms with van der Waals surface area (Å²) in [6, 6.07) is 5.38. The van der Waals surface area contributed by atoms with Gasteiger partial charge in [0.2, 0.25) is 0 Å². The topological polar surface area (TPSA) is 15.3 Å². The van der Waals surface area contributed by atoms with Gasteiger partial charge in [-0.15, -0.1) is 0 Å². The van der Waals surface area contributed by atoms with E-state index in [2.05, 4.69) is 57.1 Å². The Balaban J connectivity index is 2.40. The summed E-state index contributed by atoms with van der Waals surface area (Å²) in [5, 5.41) is 3.40. The van der Waals surface area contributed by atoms with Crippen LogP contribution in [0.25, 0.3) is 0 Å². The lowest BCUT2D eigenvalue weighted by molar-refractivity contribution is 0.0977. The summed E-state index contributed by atoms with van der Waals surface area (Å²) in [5.74, 6) is 0.731. The number of benzene rings is 1. The third-order valence-corrected chi connectivity index (χ3v) is 4.93. The second-order valence-electron chi connectivity index (χ2n) is 6.33. The summed E-state index contributed by atoms with van der Waals surface area (Å²) < 4.78 is 0. The molecule has 2 nitrogen and oxygen atoms in total. The van der Waals surface area contributed by atoms with Crippen molar-refractivity contribution in [1.29, 1.82) is 0 Å². The van der Waals surface area contributed by atoms with E-state index in [9.17, 15) is 0 Å². The molecule has 0 radical (unpaired) electrons. The molecule has 1 fully saturated rings. The van der Waals surface area contributed by atoms with Gasteiger partial charge in [0.25, 0.3) is 0 Å². The number of hydrogen-bond donors (Lipinski definition) is 1. The fourth-order valence-corrected chi connectivity index (χ4v) is 3.73. The van der Waals surface area contributed by atoms with Crippen molar-refractivity contribution >= 4 is 0 Å². The van der Waals surface area contributed by atoms with Crippen LogP contribution in [0.3, 0.4) is 0 Å². The molecule has 2 rings (SSSR count). The van der Waals surface area contributed by atoms with Crippen LogP contribution in [-0.4, -0.2) is 31.6 Å². The predicted molar refractivity (Wildman–Crippen MR) is 87.3 cm³/mol. The Kier molecular flexibility index (Phi) is 5.22. The number of nitrogens with zero attached hydrogens (tertiary/aromatic N) is 1. The van der Waals surface area contributed by atoms with Gasteiger partial charge in [0.1, 0.15) is 0 Å². The molecule has 20 heavy (non-hydrogen) atoms. The Morgan fingerprint density at radius 2 is 1.85 bits per heavy atom. The summed E-state index contributed by atoms with van der Waals surface area (Å²) in [5.41, 5.74) is 5.85. The highest BCUT2D eigenvalue weighted by Crippen LogP contribution is 2.37. The number of nitrogens with one attached hydrogen (secondary N) is 1. The first kappa shape index (κ1) is 15.5. The van der Waals surface area contributed by atoms with Crippen molar-refractivity contribution in [3.05, 3.63) is 34.4 Å². The first-order chi connectivity index (χ1) is 9.58. The molecule has 0 aliphatic carbocycles. The van der Waals surface area contributed by atoms with Gasteiger partial charge in [-0.05, 0) is 88.5 Å². The normalized spacial score (nSPS) is 24.1. The Morgan fingerprint density at radius 3 is 2.50 bits per heavy atom. The molecule has 0 bridgehead atoms. The highest BCUT2D eigenvalue weighted by atomic mass is 15.2. The number of likely N-dealkylation sites (tertiary alicyclic amines) is 1. The zero-order chi connectivity index (χ0) is 14.7. The van der Waals surface area contributed by atoms with Crippen LogP contribution in [0.2, 0.25) is 0 Å². The van der Waals surface area contributed by atoms with Gasteiger partial charge >= 0.3 is 0 Å². The summed E-state index contributed by atoms with van der Waals surface area (Å²) in [4.78, 5) is 2.67. The van der Waals surface area contributed by atoms with Crippen molar-refractivity contribution in [1.82, 2.24) is 10.2 Å². The van der Waals surface area contributed by atoms with Gasteiger partial charge in [-0.1, -0.05) is 19.1 Å². The van der Waals surface area contributed by atoms with Gasteiger partial charge in [0, 0.05) is 6.04 Å². The molecule has 0 amide bonds. The number of piperidine rings is 1. The molecule has 1 heterocycles. The lowest BCUT2D eigenvalue weighted by Crippen LogP contribution is -2.42. The molecule has 2 heteroatoms. The van der Waals surface area contributed by atoms with E-state index in [1.54, 1.807) is 5.56 Å². The molecule has 2 atom stereocenters. The molecule has 1 aliphatic rings. The van der Waals surface area contributed by atoms with Gasteiger partial charge in [-0.2, -0.15) is 0 Å². The van der Waals surface area contributed by atoms with Crippen molar-refractivity contribution < 1.29 is 0 Å². The smallest absolute Gasteiger partial charge is 0.0391 e. The van der Waals surface area contributed by atoms with Crippen LogP contribution in [-0.2, 0) is 0 Å². The molecule has 1 aliphatic heterocycles. The first-order valence-corrected chi connectivity index (χ1v) is 8.04. The summed E-state index contributed by atoms with van der Waals surface area (Å²) in [6.45, 7) is 12.5. The maximum atomic E-state index is 3.40. The number of hydrogen-bond acceptors (Lipinski definition) is 2. The quantitative estimate of drug-likeness (QED) is 0.902. The van der Waals surface area contributed by atoms with E-state index < -0.39 is 0 Å². The largest absolute Gasteiger partial charge is 0.319 e. The second-order valence-corrected chi connectivity index (χ2v) is 6.33. The zero-order valence-electron chi connectivity index (χ0n) is 13.8. The molecular formula is C18H30N2. The minimum atomic E-state index is 0.584. The van der Waals surface area contributed by atoms with E-state index in [0.29, 0.717) is 6.04 Å². The lowest BCUT2D eigenvalue weighted by atomic mass is 9.82. The Bertz CT molecular complexity index is 451. The van der Waals surface area contributed by atoms with Crippen LogP contribution in [0.4, 0.5) is 0 Å². The van der Waals surface area contributed by atoms with Crippen molar-refractivity contribution in [2.24, 2.45) is 5.92 Å². The van der Waals surface area contributed by atoms with Crippen LogP contribution < -0.4 is 5.32 Å². The third-order valence-electron chi connectivity index (χ3n) is 4.93. The van der Waals surface area contributed by atoms with Gasteiger partial charge in [0.15, 0.2) is 0 Å². The summed E-state index contributed by atoms with van der Waals surface area (Å²) >= 11 is 0. The molecule has 2 unspecified atom stereocenters. The van der Waals surface area contributed by atoms with Crippen LogP contribution in [0.1, 0.15) is 48.1 Å². The van der Waals surface area contributed by atoms with E-state index in [0.717, 1.165) is 19.0 Å². The van der Waals surface area contributed by atoms with Crippen molar-refractivity contribution in [3.8, 4) is 0 Å². The Labute approximate surface area is 124 Å². The van der Waals surface area contributed by atoms with Crippen LogP contribution in [0.5, 0.6) is 0 Å². The molecule has 0 aromatic heterocycles. The first-order valence-electron chi connectivity index (χ1n) is 8.04. The van der Waals surface area contributed by atoms with Crippen molar-refractivity contribution in [2.45, 2.75) is 46.6 Å². The van der Waals surface area contributed by atoms with Crippen LogP contribution in [0.15, 0.2) is 12.1 Å². The van der Waals surface area contributed by atoms with Crippen molar-refractivity contribution in [2.75, 3.05) is 26.7 Å². The molecule has 0 saturated carbocycles. The highest BCUT2D eigenvalue weighted by Gasteiger charge is 2.32. The molecule has 1 N–H and O–H groups in total. The van der Waals surface area contributed by atoms with Crippen LogP contribution in [0, 0.1) is 26.7 Å². The highest BCUT2D eigenvalue weighted by molar-refractivity contribution is 5.38. The summed E-state index contributed by atoms with van der Waals surface area (Å²) in [7, 11) is 2.08. The lowest BCUT2D eigenvalue weighted by Gasteiger charge is -2.42. The molecule has 112 valence electrons. The Morgan fingerprint density at radius 1 is 1.15 bits per heavy atom. The van der Waals surface area contributed by atoms with Gasteiger partial charge in [0.05, 0.1) is 0 Å². The third kappa shape index (κ3) is 3.07. The Hall–Kier alpha value is -0.860. The van der Waals surface area contributed by atoms with Crippen LogP contribution >= 0.6 is 0 Å². The van der Waals surface area contributed by atoms with Crippen molar-refractivity contribution in [3.63, 3.8) is 0 Å². The monoisotopic (exact) mass is 274 g/mol. The predicted octanol–water partition coefficient (Wildman–Crippen LogP) is 3.60. The molecule has 0 spiro atoms. The van der Waals surface area contributed by atoms with Gasteiger partial charge in [-0.3, -0.25) is 4.90 Å². The fourth-order valence-electron chi connectivity index (χ4n) is 3.73. The minimum Gasteiger partial charge on any atom is -0.319 e. The molecular weight excluding hydrogens is 244 g/mol. The van der Waals surface area contributed by atoms with E-state index >= 15 is 0 Å². The number of aryl methyl sites for hydroxylation is 3. The standard InChI is InChI=1S/C18H30N2/c1-6-20-9-7-8-16(12-19-5)18(20)17-11-14(3)13(2)10-15(17)4/h10-11,16,18-19H,6-9,12H2,1-5H3. The molecule has 1 aromatic carbocycles. The van der Waals surface area contributed by atoms with E-state index in [1.165, 1.54) is 36.1 Å². The zero-order valence-corrected chi connectivity index (χ0v) is 13.8. The SMILES string of the molecule is CCN1CCCC(CNC)C1c1cc(C)c(C)cc1C. The average Bonchev–Trinajstić information content (AvgIpc) is 2.43. The van der Waals surface area contributed by atoms with Gasteiger partial charge < -0.3 is 5.32 Å². The fraction of sp³-hybridized carbons (Fsp3) is 0.667. The van der Waals surface area contributed by atoms with E-state index in [1.807, 2.05) is 0 Å². The summed E-state index contributed by atoms with van der Waals surface area (Å²) in [6.07, 6.45) is 2.68. The van der Waals surface area contributed by atoms with E-state index in [4.69, 9.17) is 0 Å². The average molecular weight is 274 g/mol. The number of rotatable bonds is 4. The maximum Gasteiger partial charge on any atom is 0.0391 e. The maximum absolute atomic E-state index is 3.40. The molecule has 1 saturated heterocycles.